The van der Waals surface area contributed by atoms with E-state index < -0.39 is 0 Å². The molecule has 0 aliphatic rings. The molecule has 1 amide bonds. The number of esters is 2. The number of ether oxygens (including phenoxy) is 2. The van der Waals surface area contributed by atoms with Crippen molar-refractivity contribution in [2.45, 2.75) is 12.8 Å². The van der Waals surface area contributed by atoms with Crippen LogP contribution in [-0.4, -0.2) is 63.1 Å². The van der Waals surface area contributed by atoms with E-state index in [0.29, 0.717) is 31.7 Å². The highest BCUT2D eigenvalue weighted by atomic mass is 16.5. The molecule has 0 aliphatic carbocycles. The molecule has 0 spiro atoms. The van der Waals surface area contributed by atoms with Crippen LogP contribution in [0.1, 0.15) is 23.2 Å². The monoisotopic (exact) mass is 436 g/mol. The average molecular weight is 437 g/mol. The Kier molecular flexibility index (Phi) is 8.16. The quantitative estimate of drug-likeness (QED) is 0.388. The number of benzene rings is 3. The van der Waals surface area contributed by atoms with Gasteiger partial charge in [0.05, 0.1) is 27.1 Å². The second-order valence-corrected chi connectivity index (χ2v) is 7.51. The Morgan fingerprint density at radius 1 is 0.750 bits per heavy atom. The van der Waals surface area contributed by atoms with Gasteiger partial charge in [0.1, 0.15) is 0 Å². The van der Waals surface area contributed by atoms with E-state index in [4.69, 9.17) is 0 Å². The summed E-state index contributed by atoms with van der Waals surface area (Å²) in [5, 5.41) is 7.30. The third kappa shape index (κ3) is 6.28. The number of nitrogens with one attached hydrogen (secondary N) is 1. The van der Waals surface area contributed by atoms with Crippen LogP contribution in [0.3, 0.4) is 0 Å². The SMILES string of the molecule is COC(=O)CCN(CCNC(=O)c1ccc2cc3ccccc3cc2c1)CCC(=O)OC. The molecule has 1 N–H and O–H groups in total. The van der Waals surface area contributed by atoms with Crippen molar-refractivity contribution in [3.63, 3.8) is 0 Å². The van der Waals surface area contributed by atoms with Crippen molar-refractivity contribution in [1.82, 2.24) is 10.2 Å². The van der Waals surface area contributed by atoms with Crippen molar-refractivity contribution in [3.8, 4) is 0 Å². The van der Waals surface area contributed by atoms with E-state index >= 15 is 0 Å². The van der Waals surface area contributed by atoms with Crippen LogP contribution in [0.4, 0.5) is 0 Å². The lowest BCUT2D eigenvalue weighted by Gasteiger charge is -2.21. The molecule has 0 unspecified atom stereocenters. The molecular weight excluding hydrogens is 408 g/mol. The zero-order valence-corrected chi connectivity index (χ0v) is 18.4. The molecule has 0 saturated heterocycles. The Labute approximate surface area is 187 Å². The fourth-order valence-corrected chi connectivity index (χ4v) is 3.55. The maximum atomic E-state index is 12.7. The largest absolute Gasteiger partial charge is 0.469 e. The van der Waals surface area contributed by atoms with Crippen molar-refractivity contribution < 1.29 is 23.9 Å². The Morgan fingerprint density at radius 2 is 1.31 bits per heavy atom. The third-order valence-electron chi connectivity index (χ3n) is 5.40. The predicted molar refractivity (Wildman–Crippen MR) is 123 cm³/mol. The van der Waals surface area contributed by atoms with Gasteiger partial charge in [0.15, 0.2) is 0 Å². The first kappa shape index (κ1) is 23.2. The molecule has 32 heavy (non-hydrogen) atoms. The van der Waals surface area contributed by atoms with Crippen molar-refractivity contribution in [1.29, 1.82) is 0 Å². The Hall–Kier alpha value is -3.45. The van der Waals surface area contributed by atoms with Crippen molar-refractivity contribution in [3.05, 3.63) is 60.2 Å². The first-order valence-corrected chi connectivity index (χ1v) is 10.6. The highest BCUT2D eigenvalue weighted by Crippen LogP contribution is 2.23. The summed E-state index contributed by atoms with van der Waals surface area (Å²) in [7, 11) is 2.68. The predicted octanol–water partition coefficient (Wildman–Crippen LogP) is 3.15. The topological polar surface area (TPSA) is 84.9 Å². The lowest BCUT2D eigenvalue weighted by atomic mass is 10.0. The number of fused-ring (bicyclic) bond motifs is 2. The minimum absolute atomic E-state index is 0.166. The van der Waals surface area contributed by atoms with E-state index in [1.54, 1.807) is 0 Å². The van der Waals surface area contributed by atoms with Crippen LogP contribution in [0.25, 0.3) is 21.5 Å². The van der Waals surface area contributed by atoms with Gasteiger partial charge in [-0.25, -0.2) is 0 Å². The van der Waals surface area contributed by atoms with Crippen molar-refractivity contribution in [2.75, 3.05) is 40.4 Å². The molecule has 3 aromatic carbocycles. The van der Waals surface area contributed by atoms with Crippen LogP contribution in [-0.2, 0) is 19.1 Å². The molecule has 3 aromatic rings. The number of carbonyl (C=O) groups is 3. The third-order valence-corrected chi connectivity index (χ3v) is 5.40. The average Bonchev–Trinajstić information content (AvgIpc) is 2.82. The first-order valence-electron chi connectivity index (χ1n) is 10.6. The number of rotatable bonds is 10. The minimum Gasteiger partial charge on any atom is -0.469 e. The number of amides is 1. The van der Waals surface area contributed by atoms with Gasteiger partial charge < -0.3 is 19.7 Å². The summed E-state index contributed by atoms with van der Waals surface area (Å²) < 4.78 is 9.37. The molecule has 7 nitrogen and oxygen atoms in total. The Bertz CT molecular complexity index is 1090. The maximum absolute atomic E-state index is 12.7. The molecule has 0 fully saturated rings. The van der Waals surface area contributed by atoms with Crippen LogP contribution < -0.4 is 5.32 Å². The summed E-state index contributed by atoms with van der Waals surface area (Å²) in [5.41, 5.74) is 0.587. The summed E-state index contributed by atoms with van der Waals surface area (Å²) in [6, 6.07) is 18.0. The van der Waals surface area contributed by atoms with Gasteiger partial charge >= 0.3 is 11.9 Å². The fourth-order valence-electron chi connectivity index (χ4n) is 3.55. The minimum atomic E-state index is -0.319. The molecule has 0 saturated carbocycles. The molecule has 0 heterocycles. The van der Waals surface area contributed by atoms with E-state index in [2.05, 4.69) is 39.1 Å². The fraction of sp³-hybridized carbons (Fsp3) is 0.320. The van der Waals surface area contributed by atoms with Gasteiger partial charge in [-0.15, -0.1) is 0 Å². The van der Waals surface area contributed by atoms with E-state index in [-0.39, 0.29) is 30.7 Å². The zero-order chi connectivity index (χ0) is 22.9. The lowest BCUT2D eigenvalue weighted by Crippen LogP contribution is -2.37. The smallest absolute Gasteiger partial charge is 0.306 e. The second kappa shape index (κ2) is 11.2. The lowest BCUT2D eigenvalue weighted by molar-refractivity contribution is -0.141. The molecular formula is C25H28N2O5. The summed E-state index contributed by atoms with van der Waals surface area (Å²) in [4.78, 5) is 37.5. The molecule has 7 heteroatoms. The van der Waals surface area contributed by atoms with Crippen molar-refractivity contribution in [2.24, 2.45) is 0 Å². The number of nitrogens with zero attached hydrogens (tertiary/aromatic N) is 1. The molecule has 0 bridgehead atoms. The second-order valence-electron chi connectivity index (χ2n) is 7.51. The Morgan fingerprint density at radius 3 is 1.91 bits per heavy atom. The zero-order valence-electron chi connectivity index (χ0n) is 18.4. The van der Waals surface area contributed by atoms with E-state index in [1.807, 2.05) is 35.2 Å². The maximum Gasteiger partial charge on any atom is 0.306 e. The van der Waals surface area contributed by atoms with E-state index in [9.17, 15) is 14.4 Å². The van der Waals surface area contributed by atoms with Crippen LogP contribution in [0, 0.1) is 0 Å². The number of hydrogen-bond donors (Lipinski definition) is 1. The van der Waals surface area contributed by atoms with Gasteiger partial charge in [-0.1, -0.05) is 30.3 Å². The van der Waals surface area contributed by atoms with Gasteiger partial charge in [0.25, 0.3) is 5.91 Å². The van der Waals surface area contributed by atoms with Crippen molar-refractivity contribution >= 4 is 39.4 Å². The molecule has 3 rings (SSSR count). The van der Waals surface area contributed by atoms with E-state index in [0.717, 1.165) is 21.5 Å². The standard InChI is InChI=1S/C25H28N2O5/c1-31-23(28)9-12-27(13-10-24(29)32-2)14-11-26-25(30)21-8-7-20-15-18-5-3-4-6-19(18)16-22(20)17-21/h3-8,15-17H,9-14H2,1-2H3,(H,26,30). The molecule has 0 atom stereocenters. The number of methoxy groups -OCH3 is 2. The molecule has 0 aliphatic heterocycles. The number of carbonyl (C=O) groups excluding carboxylic acids is 3. The van der Waals surface area contributed by atoms with Gasteiger partial charge in [-0.2, -0.15) is 0 Å². The highest BCUT2D eigenvalue weighted by Gasteiger charge is 2.12. The number of hydrogen-bond acceptors (Lipinski definition) is 6. The van der Waals surface area contributed by atoms with E-state index in [1.165, 1.54) is 14.2 Å². The summed E-state index contributed by atoms with van der Waals surface area (Å²) >= 11 is 0. The van der Waals surface area contributed by atoms with Crippen LogP contribution in [0.5, 0.6) is 0 Å². The van der Waals surface area contributed by atoms with Gasteiger partial charge in [-0.05, 0) is 45.8 Å². The van der Waals surface area contributed by atoms with Crippen LogP contribution in [0.2, 0.25) is 0 Å². The molecule has 168 valence electrons. The van der Waals surface area contributed by atoms with Crippen LogP contribution >= 0.6 is 0 Å². The van der Waals surface area contributed by atoms with Gasteiger partial charge in [0.2, 0.25) is 0 Å². The first-order chi connectivity index (χ1) is 15.5. The van der Waals surface area contributed by atoms with Gasteiger partial charge in [0, 0.05) is 31.7 Å². The summed E-state index contributed by atoms with van der Waals surface area (Å²) in [6.07, 6.45) is 0.425. The Balaban J connectivity index is 1.60. The van der Waals surface area contributed by atoms with Gasteiger partial charge in [-0.3, -0.25) is 14.4 Å². The van der Waals surface area contributed by atoms with Crippen LogP contribution in [0.15, 0.2) is 54.6 Å². The highest BCUT2D eigenvalue weighted by molar-refractivity contribution is 6.03. The summed E-state index contributed by atoms with van der Waals surface area (Å²) in [6.45, 7) is 1.75. The molecule has 0 radical (unpaired) electrons. The normalized spacial score (nSPS) is 11.0. The summed E-state index contributed by atoms with van der Waals surface area (Å²) in [5.74, 6) is -0.803. The molecule has 0 aromatic heterocycles.